The zero-order chi connectivity index (χ0) is 13.8. The number of nitrogens with one attached hydrogen (secondary N) is 1. The SMILES string of the molecule is CC1CCCC(CC(=O)OC(C)(C)CN)C(=O)N1. The lowest BCUT2D eigenvalue weighted by atomic mass is 9.98. The van der Waals surface area contributed by atoms with Crippen LogP contribution in [-0.4, -0.2) is 30.1 Å². The Bertz CT molecular complexity index is 315. The van der Waals surface area contributed by atoms with Crippen molar-refractivity contribution >= 4 is 11.9 Å². The molecule has 5 heteroatoms. The van der Waals surface area contributed by atoms with Crippen LogP contribution < -0.4 is 11.1 Å². The molecule has 0 aromatic carbocycles. The molecule has 0 aromatic heterocycles. The van der Waals surface area contributed by atoms with Gasteiger partial charge < -0.3 is 15.8 Å². The van der Waals surface area contributed by atoms with Gasteiger partial charge in [0, 0.05) is 18.5 Å². The Kier molecular flexibility index (Phi) is 5.14. The maximum Gasteiger partial charge on any atom is 0.307 e. The summed E-state index contributed by atoms with van der Waals surface area (Å²) in [4.78, 5) is 23.6. The molecular weight excluding hydrogens is 232 g/mol. The number of carbonyl (C=O) groups excluding carboxylic acids is 2. The fourth-order valence-electron chi connectivity index (χ4n) is 2.02. The number of esters is 1. The fraction of sp³-hybridized carbons (Fsp3) is 0.846. The maximum absolute atomic E-state index is 11.9. The molecule has 1 heterocycles. The summed E-state index contributed by atoms with van der Waals surface area (Å²) in [6, 6.07) is 0.194. The van der Waals surface area contributed by atoms with E-state index in [9.17, 15) is 9.59 Å². The molecule has 2 atom stereocenters. The van der Waals surface area contributed by atoms with E-state index in [2.05, 4.69) is 5.32 Å². The Labute approximate surface area is 108 Å². The number of ether oxygens (including phenoxy) is 1. The second-order valence-corrected chi connectivity index (χ2v) is 5.68. The highest BCUT2D eigenvalue weighted by Crippen LogP contribution is 2.20. The van der Waals surface area contributed by atoms with Gasteiger partial charge in [0.1, 0.15) is 5.60 Å². The number of rotatable bonds is 4. The van der Waals surface area contributed by atoms with E-state index < -0.39 is 5.60 Å². The van der Waals surface area contributed by atoms with Crippen molar-refractivity contribution in [3.05, 3.63) is 0 Å². The Balaban J connectivity index is 2.50. The average Bonchev–Trinajstić information content (AvgIpc) is 2.40. The van der Waals surface area contributed by atoms with E-state index in [1.54, 1.807) is 13.8 Å². The van der Waals surface area contributed by atoms with Crippen molar-refractivity contribution in [1.29, 1.82) is 0 Å². The van der Waals surface area contributed by atoms with Crippen LogP contribution in [0.25, 0.3) is 0 Å². The van der Waals surface area contributed by atoms with E-state index in [0.717, 1.165) is 19.3 Å². The molecule has 1 aliphatic heterocycles. The summed E-state index contributed by atoms with van der Waals surface area (Å²) in [5.41, 5.74) is 4.84. The molecule has 1 fully saturated rings. The third kappa shape index (κ3) is 4.64. The number of hydrogen-bond donors (Lipinski definition) is 2. The number of nitrogens with two attached hydrogens (primary N) is 1. The fourth-order valence-corrected chi connectivity index (χ4v) is 2.02. The minimum absolute atomic E-state index is 0.0393. The van der Waals surface area contributed by atoms with Crippen molar-refractivity contribution in [2.75, 3.05) is 6.54 Å². The number of amides is 1. The first-order valence-corrected chi connectivity index (χ1v) is 6.56. The highest BCUT2D eigenvalue weighted by Gasteiger charge is 2.28. The summed E-state index contributed by atoms with van der Waals surface area (Å²) in [5.74, 6) is -0.654. The van der Waals surface area contributed by atoms with Gasteiger partial charge in [-0.2, -0.15) is 0 Å². The van der Waals surface area contributed by atoms with Gasteiger partial charge in [0.05, 0.1) is 6.42 Å². The lowest BCUT2D eigenvalue weighted by molar-refractivity contribution is -0.158. The molecular formula is C13H24N2O3. The lowest BCUT2D eigenvalue weighted by Crippen LogP contribution is -2.39. The van der Waals surface area contributed by atoms with Crippen molar-refractivity contribution < 1.29 is 14.3 Å². The highest BCUT2D eigenvalue weighted by atomic mass is 16.6. The molecule has 0 aromatic rings. The molecule has 1 amide bonds. The van der Waals surface area contributed by atoms with Gasteiger partial charge in [0.15, 0.2) is 0 Å². The first-order valence-electron chi connectivity index (χ1n) is 6.56. The van der Waals surface area contributed by atoms with Crippen molar-refractivity contribution in [2.45, 2.75) is 58.1 Å². The highest BCUT2D eigenvalue weighted by molar-refractivity contribution is 5.84. The van der Waals surface area contributed by atoms with Crippen molar-refractivity contribution in [1.82, 2.24) is 5.32 Å². The van der Waals surface area contributed by atoms with Crippen LogP contribution in [0.15, 0.2) is 0 Å². The second kappa shape index (κ2) is 6.18. The van der Waals surface area contributed by atoms with Gasteiger partial charge in [-0.15, -0.1) is 0 Å². The van der Waals surface area contributed by atoms with E-state index in [1.807, 2.05) is 6.92 Å². The number of hydrogen-bond acceptors (Lipinski definition) is 4. The molecule has 1 rings (SSSR count). The smallest absolute Gasteiger partial charge is 0.307 e. The average molecular weight is 256 g/mol. The third-order valence-electron chi connectivity index (χ3n) is 3.24. The molecule has 1 aliphatic rings. The Morgan fingerprint density at radius 3 is 2.78 bits per heavy atom. The largest absolute Gasteiger partial charge is 0.458 e. The Morgan fingerprint density at radius 2 is 2.17 bits per heavy atom. The van der Waals surface area contributed by atoms with Crippen LogP contribution in [0, 0.1) is 5.92 Å². The van der Waals surface area contributed by atoms with Crippen LogP contribution >= 0.6 is 0 Å². The van der Waals surface area contributed by atoms with E-state index >= 15 is 0 Å². The first kappa shape index (κ1) is 15.0. The molecule has 5 nitrogen and oxygen atoms in total. The monoisotopic (exact) mass is 256 g/mol. The van der Waals surface area contributed by atoms with Gasteiger partial charge in [0.25, 0.3) is 0 Å². The van der Waals surface area contributed by atoms with Gasteiger partial charge >= 0.3 is 5.97 Å². The van der Waals surface area contributed by atoms with E-state index in [1.165, 1.54) is 0 Å². The van der Waals surface area contributed by atoms with Crippen LogP contribution in [0.2, 0.25) is 0 Å². The normalized spacial score (nSPS) is 25.2. The first-order chi connectivity index (χ1) is 8.34. The molecule has 2 unspecified atom stereocenters. The van der Waals surface area contributed by atoms with Gasteiger partial charge in [-0.1, -0.05) is 6.42 Å². The molecule has 104 valence electrons. The predicted octanol–water partition coefficient (Wildman–Crippen LogP) is 0.962. The Morgan fingerprint density at radius 1 is 1.50 bits per heavy atom. The zero-order valence-electron chi connectivity index (χ0n) is 11.5. The van der Waals surface area contributed by atoms with Crippen LogP contribution in [0.3, 0.4) is 0 Å². The minimum Gasteiger partial charge on any atom is -0.458 e. The number of carbonyl (C=O) groups is 2. The topological polar surface area (TPSA) is 81.4 Å². The molecule has 3 N–H and O–H groups in total. The van der Waals surface area contributed by atoms with E-state index in [4.69, 9.17) is 10.5 Å². The molecule has 18 heavy (non-hydrogen) atoms. The Hall–Kier alpha value is -1.10. The summed E-state index contributed by atoms with van der Waals surface area (Å²) in [7, 11) is 0. The second-order valence-electron chi connectivity index (χ2n) is 5.68. The quantitative estimate of drug-likeness (QED) is 0.734. The molecule has 0 radical (unpaired) electrons. The molecule has 0 spiro atoms. The lowest BCUT2D eigenvalue weighted by Gasteiger charge is -2.24. The summed E-state index contributed by atoms with van der Waals surface area (Å²) < 4.78 is 5.26. The summed E-state index contributed by atoms with van der Waals surface area (Å²) in [5, 5.41) is 2.90. The summed E-state index contributed by atoms with van der Waals surface area (Å²) >= 11 is 0. The minimum atomic E-state index is -0.661. The molecule has 0 aliphatic carbocycles. The van der Waals surface area contributed by atoms with Crippen molar-refractivity contribution in [3.8, 4) is 0 Å². The molecule has 0 bridgehead atoms. The standard InChI is InChI=1S/C13H24N2O3/c1-9-5-4-6-10(12(17)15-9)7-11(16)18-13(2,3)8-14/h9-10H,4-8,14H2,1-3H3,(H,15,17). The van der Waals surface area contributed by atoms with Crippen LogP contribution in [0.4, 0.5) is 0 Å². The van der Waals surface area contributed by atoms with Gasteiger partial charge in [-0.05, 0) is 33.6 Å². The predicted molar refractivity (Wildman–Crippen MR) is 68.8 cm³/mol. The van der Waals surface area contributed by atoms with E-state index in [0.29, 0.717) is 0 Å². The van der Waals surface area contributed by atoms with Crippen molar-refractivity contribution in [2.24, 2.45) is 11.7 Å². The van der Waals surface area contributed by atoms with Gasteiger partial charge in [-0.3, -0.25) is 9.59 Å². The molecule has 0 saturated carbocycles. The van der Waals surface area contributed by atoms with Crippen LogP contribution in [0.1, 0.15) is 46.5 Å². The molecule has 1 saturated heterocycles. The zero-order valence-corrected chi connectivity index (χ0v) is 11.5. The maximum atomic E-state index is 11.9. The van der Waals surface area contributed by atoms with Gasteiger partial charge in [-0.25, -0.2) is 0 Å². The summed E-state index contributed by atoms with van der Waals surface area (Å²) in [6.07, 6.45) is 2.81. The summed E-state index contributed by atoms with van der Waals surface area (Å²) in [6.45, 7) is 5.78. The van der Waals surface area contributed by atoms with E-state index in [-0.39, 0.29) is 36.8 Å². The van der Waals surface area contributed by atoms with Crippen molar-refractivity contribution in [3.63, 3.8) is 0 Å². The van der Waals surface area contributed by atoms with Crippen LogP contribution in [0.5, 0.6) is 0 Å². The third-order valence-corrected chi connectivity index (χ3v) is 3.24. The van der Waals surface area contributed by atoms with Gasteiger partial charge in [0.2, 0.25) is 5.91 Å². The van der Waals surface area contributed by atoms with Crippen LogP contribution in [-0.2, 0) is 14.3 Å².